The minimum atomic E-state index is -0.460. The average molecular weight is 495 g/mol. The first-order chi connectivity index (χ1) is 18.0. The van der Waals surface area contributed by atoms with Crippen LogP contribution in [0.15, 0.2) is 71.5 Å². The van der Waals surface area contributed by atoms with Gasteiger partial charge in [-0.05, 0) is 82.6 Å². The van der Waals surface area contributed by atoms with Gasteiger partial charge in [-0.1, -0.05) is 48.0 Å². The summed E-state index contributed by atoms with van der Waals surface area (Å²) in [5.41, 5.74) is 6.88. The van der Waals surface area contributed by atoms with Crippen LogP contribution in [0, 0.1) is 19.7 Å². The quantitative estimate of drug-likeness (QED) is 0.390. The number of aromatic amines is 1. The first-order valence-electron chi connectivity index (χ1n) is 12.4. The van der Waals surface area contributed by atoms with Gasteiger partial charge in [0.05, 0.1) is 12.1 Å². The number of H-pyrrole nitrogens is 1. The number of halogens is 1. The lowest BCUT2D eigenvalue weighted by molar-refractivity contribution is 0.194. The van der Waals surface area contributed by atoms with Gasteiger partial charge in [-0.15, -0.1) is 5.10 Å². The molecule has 1 aliphatic heterocycles. The van der Waals surface area contributed by atoms with Gasteiger partial charge in [-0.25, -0.2) is 9.07 Å². The van der Waals surface area contributed by atoms with Crippen LogP contribution in [0.2, 0.25) is 0 Å². The van der Waals surface area contributed by atoms with Crippen LogP contribution in [-0.4, -0.2) is 36.6 Å². The topological polar surface area (TPSA) is 79.7 Å². The van der Waals surface area contributed by atoms with Gasteiger partial charge in [-0.3, -0.25) is 9.69 Å². The van der Waals surface area contributed by atoms with Crippen molar-refractivity contribution in [2.45, 2.75) is 39.4 Å². The molecular formula is C29H27FN6O. The number of nitrogens with zero attached hydrogens (tertiary/aromatic N) is 5. The molecule has 8 heteroatoms. The zero-order valence-electron chi connectivity index (χ0n) is 20.8. The standard InChI is InChI=1S/C29H27FN6O/c1-18-13-19(2)26-23(14-18)15-25(29(37)31-26)27(35-12-11-21-5-3-4-6-22(21)17-35)28-32-33-34-36(28)16-20-7-9-24(30)10-8-20/h3-10,13-15,27H,11-12,16-17H2,1-2H3,(H,31,37)/t27-/m0/s1. The molecule has 1 atom stereocenters. The summed E-state index contributed by atoms with van der Waals surface area (Å²) in [4.78, 5) is 19.0. The van der Waals surface area contributed by atoms with Gasteiger partial charge in [0.2, 0.25) is 0 Å². The van der Waals surface area contributed by atoms with Crippen LogP contribution in [0.1, 0.15) is 45.2 Å². The van der Waals surface area contributed by atoms with E-state index in [0.29, 0.717) is 24.5 Å². The Morgan fingerprint density at radius 3 is 2.62 bits per heavy atom. The SMILES string of the molecule is Cc1cc(C)c2[nH]c(=O)c([C@@H](c3nnnn3Cc3ccc(F)cc3)N3CCc4ccccc4C3)cc2c1. The van der Waals surface area contributed by atoms with E-state index in [1.54, 1.807) is 16.8 Å². The molecule has 7 nitrogen and oxygen atoms in total. The van der Waals surface area contributed by atoms with Crippen molar-refractivity contribution in [3.05, 3.63) is 122 Å². The van der Waals surface area contributed by atoms with Crippen LogP contribution in [0.5, 0.6) is 0 Å². The van der Waals surface area contributed by atoms with E-state index >= 15 is 0 Å². The van der Waals surface area contributed by atoms with E-state index in [4.69, 9.17) is 0 Å². The Morgan fingerprint density at radius 1 is 1.03 bits per heavy atom. The van der Waals surface area contributed by atoms with Crippen molar-refractivity contribution < 1.29 is 4.39 Å². The smallest absolute Gasteiger partial charge is 0.253 e. The number of pyridine rings is 1. The first-order valence-corrected chi connectivity index (χ1v) is 12.4. The molecule has 1 aliphatic rings. The molecule has 0 fully saturated rings. The van der Waals surface area contributed by atoms with Crippen LogP contribution >= 0.6 is 0 Å². The van der Waals surface area contributed by atoms with Crippen molar-refractivity contribution in [2.75, 3.05) is 6.54 Å². The molecule has 5 aromatic rings. The fourth-order valence-electron chi connectivity index (χ4n) is 5.43. The third kappa shape index (κ3) is 4.44. The maximum Gasteiger partial charge on any atom is 0.253 e. The van der Waals surface area contributed by atoms with Crippen LogP contribution in [0.3, 0.4) is 0 Å². The Labute approximate surface area is 213 Å². The molecule has 2 aromatic heterocycles. The number of aromatic nitrogens is 5. The molecule has 37 heavy (non-hydrogen) atoms. The zero-order chi connectivity index (χ0) is 25.5. The molecule has 186 valence electrons. The summed E-state index contributed by atoms with van der Waals surface area (Å²) in [5.74, 6) is 0.289. The molecule has 6 rings (SSSR count). The highest BCUT2D eigenvalue weighted by molar-refractivity contribution is 5.83. The number of hydrogen-bond donors (Lipinski definition) is 1. The van der Waals surface area contributed by atoms with E-state index in [1.807, 2.05) is 19.1 Å². The summed E-state index contributed by atoms with van der Waals surface area (Å²) in [6.07, 6.45) is 0.871. The van der Waals surface area contributed by atoms with Crippen molar-refractivity contribution >= 4 is 10.9 Å². The second kappa shape index (κ2) is 9.37. The summed E-state index contributed by atoms with van der Waals surface area (Å²) >= 11 is 0. The molecule has 0 unspecified atom stereocenters. The molecule has 0 saturated carbocycles. The van der Waals surface area contributed by atoms with Crippen LogP contribution in [-0.2, 0) is 19.5 Å². The lowest BCUT2D eigenvalue weighted by atomic mass is 9.95. The molecule has 0 spiro atoms. The van der Waals surface area contributed by atoms with Crippen molar-refractivity contribution in [1.82, 2.24) is 30.1 Å². The van der Waals surface area contributed by atoms with Gasteiger partial charge in [0, 0.05) is 18.7 Å². The summed E-state index contributed by atoms with van der Waals surface area (Å²) in [6, 6.07) is 20.4. The zero-order valence-corrected chi connectivity index (χ0v) is 20.8. The molecular weight excluding hydrogens is 467 g/mol. The second-order valence-electron chi connectivity index (χ2n) is 9.81. The van der Waals surface area contributed by atoms with Crippen LogP contribution in [0.4, 0.5) is 4.39 Å². The molecule has 0 saturated heterocycles. The third-order valence-corrected chi connectivity index (χ3v) is 7.19. The number of aryl methyl sites for hydroxylation is 2. The van der Waals surface area contributed by atoms with E-state index < -0.39 is 6.04 Å². The summed E-state index contributed by atoms with van der Waals surface area (Å²) in [5, 5.41) is 13.7. The number of fused-ring (bicyclic) bond motifs is 2. The highest BCUT2D eigenvalue weighted by Crippen LogP contribution is 2.32. The minimum Gasteiger partial charge on any atom is -0.321 e. The predicted octanol–water partition coefficient (Wildman–Crippen LogP) is 4.47. The van der Waals surface area contributed by atoms with Crippen molar-refractivity contribution in [3.8, 4) is 0 Å². The summed E-state index contributed by atoms with van der Waals surface area (Å²) in [6.45, 7) is 5.87. The van der Waals surface area contributed by atoms with Crippen LogP contribution in [0.25, 0.3) is 10.9 Å². The average Bonchev–Trinajstić information content (AvgIpc) is 3.34. The Balaban J connectivity index is 1.49. The molecule has 0 bridgehead atoms. The number of benzene rings is 3. The predicted molar refractivity (Wildman–Crippen MR) is 140 cm³/mol. The maximum atomic E-state index is 13.6. The number of rotatable bonds is 5. The van der Waals surface area contributed by atoms with Gasteiger partial charge < -0.3 is 4.98 Å². The second-order valence-corrected chi connectivity index (χ2v) is 9.81. The molecule has 1 N–H and O–H groups in total. The van der Waals surface area contributed by atoms with Crippen molar-refractivity contribution in [3.63, 3.8) is 0 Å². The van der Waals surface area contributed by atoms with Gasteiger partial charge in [0.1, 0.15) is 11.9 Å². The Bertz CT molecular complexity index is 1660. The normalized spacial score (nSPS) is 14.6. The molecule has 0 radical (unpaired) electrons. The molecule has 0 amide bonds. The Kier molecular flexibility index (Phi) is 5.88. The monoisotopic (exact) mass is 494 g/mol. The highest BCUT2D eigenvalue weighted by Gasteiger charge is 2.32. The largest absolute Gasteiger partial charge is 0.321 e. The van der Waals surface area contributed by atoms with E-state index in [0.717, 1.165) is 40.6 Å². The van der Waals surface area contributed by atoms with E-state index in [9.17, 15) is 9.18 Å². The number of hydrogen-bond acceptors (Lipinski definition) is 5. The number of nitrogens with one attached hydrogen (secondary N) is 1. The van der Waals surface area contributed by atoms with E-state index in [-0.39, 0.29) is 11.4 Å². The van der Waals surface area contributed by atoms with E-state index in [1.165, 1.54) is 23.3 Å². The lowest BCUT2D eigenvalue weighted by Crippen LogP contribution is -2.38. The van der Waals surface area contributed by atoms with E-state index in [2.05, 4.69) is 62.7 Å². The molecule has 0 aliphatic carbocycles. The summed E-state index contributed by atoms with van der Waals surface area (Å²) < 4.78 is 15.2. The van der Waals surface area contributed by atoms with Crippen molar-refractivity contribution in [1.29, 1.82) is 0 Å². The van der Waals surface area contributed by atoms with Gasteiger partial charge >= 0.3 is 0 Å². The first kappa shape index (κ1) is 23.2. The Hall–Kier alpha value is -4.17. The fourth-order valence-corrected chi connectivity index (χ4v) is 5.43. The maximum absolute atomic E-state index is 13.6. The Morgan fingerprint density at radius 2 is 1.81 bits per heavy atom. The fraction of sp³-hybridized carbons (Fsp3) is 0.241. The van der Waals surface area contributed by atoms with Gasteiger partial charge in [0.15, 0.2) is 5.82 Å². The lowest BCUT2D eigenvalue weighted by Gasteiger charge is -2.34. The molecule has 3 aromatic carbocycles. The third-order valence-electron chi connectivity index (χ3n) is 7.19. The van der Waals surface area contributed by atoms with Gasteiger partial charge in [-0.2, -0.15) is 0 Å². The highest BCUT2D eigenvalue weighted by atomic mass is 19.1. The van der Waals surface area contributed by atoms with Crippen molar-refractivity contribution in [2.24, 2.45) is 0 Å². The van der Waals surface area contributed by atoms with Crippen LogP contribution < -0.4 is 5.56 Å². The van der Waals surface area contributed by atoms with Gasteiger partial charge in [0.25, 0.3) is 5.56 Å². The minimum absolute atomic E-state index is 0.153. The molecule has 3 heterocycles. The number of tetrazole rings is 1. The summed E-state index contributed by atoms with van der Waals surface area (Å²) in [7, 11) is 0.